The minimum atomic E-state index is -0.0756. The Labute approximate surface area is 131 Å². The van der Waals surface area contributed by atoms with Crippen LogP contribution in [-0.2, 0) is 11.3 Å². The van der Waals surface area contributed by atoms with Crippen molar-refractivity contribution in [2.45, 2.75) is 51.2 Å². The van der Waals surface area contributed by atoms with Crippen molar-refractivity contribution in [1.82, 2.24) is 14.7 Å². The van der Waals surface area contributed by atoms with E-state index in [1.807, 2.05) is 17.8 Å². The molecule has 0 radical (unpaired) electrons. The Kier molecular flexibility index (Phi) is 4.97. The largest absolute Gasteiger partial charge is 0.378 e. The first-order valence-electron chi connectivity index (χ1n) is 8.38. The molecule has 1 aromatic rings. The predicted octanol–water partition coefficient (Wildman–Crippen LogP) is 2.72. The molecule has 2 heterocycles. The zero-order valence-corrected chi connectivity index (χ0v) is 13.3. The van der Waals surface area contributed by atoms with Crippen molar-refractivity contribution in [1.29, 1.82) is 0 Å². The second kappa shape index (κ2) is 7.13. The third kappa shape index (κ3) is 4.22. The highest BCUT2D eigenvalue weighted by atomic mass is 16.5. The molecule has 1 aromatic heterocycles. The summed E-state index contributed by atoms with van der Waals surface area (Å²) in [4.78, 5) is 14.0. The Balaban J connectivity index is 1.45. The fourth-order valence-corrected chi connectivity index (χ4v) is 2.81. The molecule has 0 unspecified atom stereocenters. The van der Waals surface area contributed by atoms with E-state index in [1.54, 1.807) is 11.1 Å². The smallest absolute Gasteiger partial charge is 0.322 e. The number of aromatic nitrogens is 2. The molecule has 1 atom stereocenters. The van der Waals surface area contributed by atoms with Gasteiger partial charge in [-0.05, 0) is 44.4 Å². The Morgan fingerprint density at radius 3 is 3.05 bits per heavy atom. The Hall–Kier alpha value is -1.56. The normalized spacial score (nSPS) is 21.6. The van der Waals surface area contributed by atoms with Gasteiger partial charge in [-0.1, -0.05) is 0 Å². The van der Waals surface area contributed by atoms with Crippen LogP contribution < -0.4 is 5.32 Å². The first kappa shape index (κ1) is 15.3. The van der Waals surface area contributed by atoms with Gasteiger partial charge in [0.25, 0.3) is 0 Å². The highest BCUT2D eigenvalue weighted by Crippen LogP contribution is 2.31. The number of ether oxygens (including phenoxy) is 1. The summed E-state index contributed by atoms with van der Waals surface area (Å²) in [6.45, 7) is 2.48. The van der Waals surface area contributed by atoms with Gasteiger partial charge in [-0.25, -0.2) is 9.48 Å². The van der Waals surface area contributed by atoms with E-state index in [4.69, 9.17) is 4.74 Å². The van der Waals surface area contributed by atoms with Gasteiger partial charge in [0.1, 0.15) is 5.82 Å². The molecule has 1 saturated carbocycles. The molecule has 2 aliphatic rings. The molecule has 1 saturated heterocycles. The van der Waals surface area contributed by atoms with Gasteiger partial charge in [-0.2, -0.15) is 5.10 Å². The summed E-state index contributed by atoms with van der Waals surface area (Å²) < 4.78 is 7.61. The number of nitrogens with one attached hydrogen (secondary N) is 1. The van der Waals surface area contributed by atoms with Crippen molar-refractivity contribution in [3.05, 3.63) is 12.3 Å². The Morgan fingerprint density at radius 2 is 2.32 bits per heavy atom. The van der Waals surface area contributed by atoms with E-state index >= 15 is 0 Å². The first-order chi connectivity index (χ1) is 10.7. The molecule has 122 valence electrons. The van der Waals surface area contributed by atoms with Gasteiger partial charge in [0, 0.05) is 32.8 Å². The monoisotopic (exact) mass is 306 g/mol. The van der Waals surface area contributed by atoms with Crippen LogP contribution in [0.4, 0.5) is 10.6 Å². The average Bonchev–Trinajstić information content (AvgIpc) is 3.25. The summed E-state index contributed by atoms with van der Waals surface area (Å²) in [6.07, 6.45) is 9.02. The molecular formula is C16H26N4O2. The van der Waals surface area contributed by atoms with Crippen molar-refractivity contribution in [3.8, 4) is 0 Å². The van der Waals surface area contributed by atoms with E-state index in [0.717, 1.165) is 44.1 Å². The summed E-state index contributed by atoms with van der Waals surface area (Å²) in [5.41, 5.74) is 0. The van der Waals surface area contributed by atoms with Crippen LogP contribution in [0.15, 0.2) is 12.3 Å². The number of rotatable bonds is 6. The molecule has 6 nitrogen and oxygen atoms in total. The maximum absolute atomic E-state index is 12.3. The van der Waals surface area contributed by atoms with Gasteiger partial charge in [0.05, 0.1) is 12.3 Å². The second-order valence-electron chi connectivity index (χ2n) is 6.47. The number of urea groups is 1. The molecule has 0 bridgehead atoms. The lowest BCUT2D eigenvalue weighted by Gasteiger charge is -2.25. The zero-order chi connectivity index (χ0) is 15.4. The van der Waals surface area contributed by atoms with Crippen LogP contribution >= 0.6 is 0 Å². The van der Waals surface area contributed by atoms with E-state index in [9.17, 15) is 4.79 Å². The lowest BCUT2D eigenvalue weighted by atomic mass is 10.1. The Morgan fingerprint density at radius 1 is 1.45 bits per heavy atom. The number of carbonyl (C=O) groups excluding carboxylic acids is 1. The zero-order valence-electron chi connectivity index (χ0n) is 13.3. The van der Waals surface area contributed by atoms with Crippen molar-refractivity contribution in [2.75, 3.05) is 25.5 Å². The number of amides is 2. The van der Waals surface area contributed by atoms with Crippen LogP contribution in [0, 0.1) is 5.92 Å². The van der Waals surface area contributed by atoms with E-state index < -0.39 is 0 Å². The summed E-state index contributed by atoms with van der Waals surface area (Å²) in [5, 5.41) is 7.25. The highest BCUT2D eigenvalue weighted by Gasteiger charge is 2.23. The molecule has 0 spiro atoms. The summed E-state index contributed by atoms with van der Waals surface area (Å²) in [7, 11) is 1.83. The minimum absolute atomic E-state index is 0.0756. The van der Waals surface area contributed by atoms with Crippen LogP contribution in [0.25, 0.3) is 0 Å². The fourth-order valence-electron chi connectivity index (χ4n) is 2.81. The average molecular weight is 306 g/mol. The van der Waals surface area contributed by atoms with Crippen LogP contribution in [0.5, 0.6) is 0 Å². The van der Waals surface area contributed by atoms with E-state index in [0.29, 0.717) is 12.6 Å². The number of anilines is 1. The molecule has 1 aliphatic carbocycles. The number of carbonyl (C=O) groups is 1. The lowest BCUT2D eigenvalue weighted by molar-refractivity contribution is 0.00848. The highest BCUT2D eigenvalue weighted by molar-refractivity contribution is 5.88. The fraction of sp³-hybridized carbons (Fsp3) is 0.750. The summed E-state index contributed by atoms with van der Waals surface area (Å²) >= 11 is 0. The van der Waals surface area contributed by atoms with Crippen LogP contribution in [0.1, 0.15) is 38.5 Å². The molecule has 22 heavy (non-hydrogen) atoms. The van der Waals surface area contributed by atoms with Gasteiger partial charge < -0.3 is 9.64 Å². The summed E-state index contributed by atoms with van der Waals surface area (Å²) in [5.74, 6) is 1.52. The quantitative estimate of drug-likeness (QED) is 0.879. The van der Waals surface area contributed by atoms with Gasteiger partial charge in [-0.15, -0.1) is 0 Å². The minimum Gasteiger partial charge on any atom is -0.378 e. The molecule has 2 amide bonds. The molecule has 1 aliphatic heterocycles. The van der Waals surface area contributed by atoms with Crippen molar-refractivity contribution in [3.63, 3.8) is 0 Å². The summed E-state index contributed by atoms with van der Waals surface area (Å²) in [6, 6.07) is 1.78. The van der Waals surface area contributed by atoms with Crippen molar-refractivity contribution < 1.29 is 9.53 Å². The first-order valence-corrected chi connectivity index (χ1v) is 8.38. The lowest BCUT2D eigenvalue weighted by Crippen LogP contribution is -2.35. The maximum atomic E-state index is 12.3. The van der Waals surface area contributed by atoms with Crippen LogP contribution in [0.3, 0.4) is 0 Å². The maximum Gasteiger partial charge on any atom is 0.322 e. The van der Waals surface area contributed by atoms with Gasteiger partial charge >= 0.3 is 6.03 Å². The SMILES string of the molecule is CN(CC[C@@H]1CCCCO1)C(=O)Nc1ccnn1CC1CC1. The molecule has 2 fully saturated rings. The molecule has 6 heteroatoms. The van der Waals surface area contributed by atoms with E-state index in [1.165, 1.54) is 19.3 Å². The van der Waals surface area contributed by atoms with Crippen molar-refractivity contribution >= 4 is 11.8 Å². The molecular weight excluding hydrogens is 280 g/mol. The van der Waals surface area contributed by atoms with Gasteiger partial charge in [0.2, 0.25) is 0 Å². The predicted molar refractivity (Wildman–Crippen MR) is 84.8 cm³/mol. The second-order valence-corrected chi connectivity index (χ2v) is 6.47. The van der Waals surface area contributed by atoms with Crippen molar-refractivity contribution in [2.24, 2.45) is 5.92 Å². The number of hydrogen-bond donors (Lipinski definition) is 1. The Bertz CT molecular complexity index is 492. The van der Waals surface area contributed by atoms with Gasteiger partial charge in [-0.3, -0.25) is 5.32 Å². The molecule has 0 aromatic carbocycles. The van der Waals surface area contributed by atoms with E-state index in [-0.39, 0.29) is 6.03 Å². The third-order valence-electron chi connectivity index (χ3n) is 4.49. The standard InChI is InChI=1S/C16H26N4O2/c1-19(10-8-14-4-2-3-11-22-14)16(21)18-15-7-9-17-20(15)12-13-5-6-13/h7,9,13-14H,2-6,8,10-12H2,1H3,(H,18,21)/t14-/m0/s1. The topological polar surface area (TPSA) is 59.4 Å². The van der Waals surface area contributed by atoms with Crippen LogP contribution in [-0.4, -0.2) is 47.0 Å². The molecule has 3 rings (SSSR count). The molecule has 1 N–H and O–H groups in total. The number of nitrogens with zero attached hydrogens (tertiary/aromatic N) is 3. The number of hydrogen-bond acceptors (Lipinski definition) is 3. The third-order valence-corrected chi connectivity index (χ3v) is 4.49. The van der Waals surface area contributed by atoms with E-state index in [2.05, 4.69) is 10.4 Å². The van der Waals surface area contributed by atoms with Gasteiger partial charge in [0.15, 0.2) is 0 Å². The van der Waals surface area contributed by atoms with Crippen LogP contribution in [0.2, 0.25) is 0 Å².